The zero-order chi connectivity index (χ0) is 6.53. The molecule has 0 saturated heterocycles. The zero-order valence-electron chi connectivity index (χ0n) is 6.23. The van der Waals surface area contributed by atoms with Gasteiger partial charge in [-0.2, -0.15) is 0 Å². The molecule has 12 heavy (non-hydrogen) atoms. The van der Waals surface area contributed by atoms with Crippen molar-refractivity contribution in [1.82, 2.24) is 0 Å². The van der Waals surface area contributed by atoms with E-state index in [1.165, 1.54) is 5.56 Å². The van der Waals surface area contributed by atoms with Crippen LogP contribution in [0.15, 0.2) is 30.3 Å². The van der Waals surface area contributed by atoms with Gasteiger partial charge in [-0.15, -0.1) is 37.2 Å². The van der Waals surface area contributed by atoms with E-state index in [0.717, 1.165) is 0 Å². The van der Waals surface area contributed by atoms with Crippen LogP contribution >= 0.6 is 37.2 Å². The molecule has 0 amide bonds. The molecule has 0 unspecified atom stereocenters. The molecule has 0 aliphatic rings. The summed E-state index contributed by atoms with van der Waals surface area (Å²) in [5, 5.41) is 0. The van der Waals surface area contributed by atoms with Gasteiger partial charge in [-0.1, -0.05) is 0 Å². The third kappa shape index (κ3) is 7.42. The normalized spacial score (nSPS) is 6.92. The van der Waals surface area contributed by atoms with Crippen LogP contribution in [0.5, 0.6) is 0 Å². The maximum atomic E-state index is 4.93. The molecule has 0 atom stereocenters. The van der Waals surface area contributed by atoms with Gasteiger partial charge in [-0.05, 0) is 0 Å². The SMILES string of the molecule is Cl.Cl.Cl.[Ti][O]Cc1ccccc1. The molecule has 1 nitrogen and oxygen atoms in total. The molecule has 69 valence electrons. The van der Waals surface area contributed by atoms with Crippen LogP contribution in [-0.4, -0.2) is 0 Å². The van der Waals surface area contributed by atoms with Crippen molar-refractivity contribution in [1.29, 1.82) is 0 Å². The summed E-state index contributed by atoms with van der Waals surface area (Å²) in [4.78, 5) is 0. The van der Waals surface area contributed by atoms with Crippen LogP contribution < -0.4 is 0 Å². The van der Waals surface area contributed by atoms with E-state index >= 15 is 0 Å². The van der Waals surface area contributed by atoms with E-state index in [1.807, 2.05) is 30.3 Å². The van der Waals surface area contributed by atoms with E-state index in [0.29, 0.717) is 6.61 Å². The van der Waals surface area contributed by atoms with Crippen LogP contribution in [-0.2, 0) is 30.7 Å². The van der Waals surface area contributed by atoms with Gasteiger partial charge in [-0.25, -0.2) is 0 Å². The second-order valence-electron chi connectivity index (χ2n) is 1.77. The Hall–Kier alpha value is 0.764. The number of hydrogen-bond acceptors (Lipinski definition) is 1. The van der Waals surface area contributed by atoms with E-state index in [-0.39, 0.29) is 37.2 Å². The summed E-state index contributed by atoms with van der Waals surface area (Å²) < 4.78 is 4.93. The fourth-order valence-corrected chi connectivity index (χ4v) is 0.918. The molecule has 0 bridgehead atoms. The van der Waals surface area contributed by atoms with Crippen LogP contribution in [0.25, 0.3) is 0 Å². The van der Waals surface area contributed by atoms with Gasteiger partial charge in [0.15, 0.2) is 0 Å². The van der Waals surface area contributed by atoms with Crippen molar-refractivity contribution in [3.8, 4) is 0 Å². The van der Waals surface area contributed by atoms with Crippen LogP contribution in [0.1, 0.15) is 5.56 Å². The van der Waals surface area contributed by atoms with Crippen molar-refractivity contribution >= 4 is 37.2 Å². The van der Waals surface area contributed by atoms with E-state index in [2.05, 4.69) is 0 Å². The molecular formula is C7H10Cl3OTi. The van der Waals surface area contributed by atoms with Crippen LogP contribution in [0.3, 0.4) is 0 Å². The Morgan fingerprint density at radius 2 is 1.50 bits per heavy atom. The van der Waals surface area contributed by atoms with Gasteiger partial charge in [-0.3, -0.25) is 0 Å². The Balaban J connectivity index is -0.000000270. The van der Waals surface area contributed by atoms with Crippen molar-refractivity contribution < 1.29 is 24.1 Å². The van der Waals surface area contributed by atoms with Gasteiger partial charge >= 0.3 is 66.6 Å². The van der Waals surface area contributed by atoms with Crippen LogP contribution in [0.4, 0.5) is 0 Å². The van der Waals surface area contributed by atoms with Gasteiger partial charge in [0.2, 0.25) is 0 Å². The first-order valence-electron chi connectivity index (χ1n) is 2.76. The van der Waals surface area contributed by atoms with Crippen molar-refractivity contribution in [3.05, 3.63) is 35.9 Å². The summed E-state index contributed by atoms with van der Waals surface area (Å²) in [5.74, 6) is 0. The molecule has 1 rings (SSSR count). The first kappa shape index (κ1) is 18.5. The maximum absolute atomic E-state index is 4.93. The van der Waals surface area contributed by atoms with Crippen molar-refractivity contribution in [3.63, 3.8) is 0 Å². The standard InChI is InChI=1S/C7H7O.3ClH.Ti/c8-6-7-4-2-1-3-5-7;;;;/h1-5H,6H2;3*1H;/q-1;;;;+1. The molecular weight excluding hydrogens is 254 g/mol. The van der Waals surface area contributed by atoms with Crippen LogP contribution in [0.2, 0.25) is 0 Å². The molecule has 0 spiro atoms. The number of halogens is 3. The molecule has 0 saturated carbocycles. The monoisotopic (exact) mass is 263 g/mol. The summed E-state index contributed by atoms with van der Waals surface area (Å²) in [5.41, 5.74) is 1.22. The van der Waals surface area contributed by atoms with Crippen LogP contribution in [0, 0.1) is 0 Å². The second-order valence-corrected chi connectivity index (χ2v) is 2.23. The van der Waals surface area contributed by atoms with Gasteiger partial charge in [0.25, 0.3) is 0 Å². The minimum atomic E-state index is 0. The third-order valence-electron chi connectivity index (χ3n) is 1.08. The van der Waals surface area contributed by atoms with E-state index in [1.54, 1.807) is 20.8 Å². The predicted octanol–water partition coefficient (Wildman–Crippen LogP) is 2.93. The number of benzene rings is 1. The zero-order valence-corrected chi connectivity index (χ0v) is 10.2. The van der Waals surface area contributed by atoms with Gasteiger partial charge in [0.05, 0.1) is 0 Å². The van der Waals surface area contributed by atoms with Gasteiger partial charge in [0.1, 0.15) is 0 Å². The molecule has 0 aliphatic carbocycles. The Morgan fingerprint density at radius 3 is 1.92 bits per heavy atom. The Labute approximate surface area is 103 Å². The first-order chi connectivity index (χ1) is 4.43. The second kappa shape index (κ2) is 11.8. The molecule has 0 aromatic heterocycles. The van der Waals surface area contributed by atoms with Gasteiger partial charge in [0, 0.05) is 0 Å². The van der Waals surface area contributed by atoms with Crippen molar-refractivity contribution in [2.24, 2.45) is 0 Å². The Kier molecular flexibility index (Phi) is 18.2. The quantitative estimate of drug-likeness (QED) is 0.746. The average molecular weight is 264 g/mol. The molecule has 0 radical (unpaired) electrons. The topological polar surface area (TPSA) is 9.23 Å². The van der Waals surface area contributed by atoms with Crippen molar-refractivity contribution in [2.45, 2.75) is 6.61 Å². The summed E-state index contributed by atoms with van der Waals surface area (Å²) in [6.07, 6.45) is 0. The molecule has 1 aromatic carbocycles. The molecule has 1 aromatic rings. The average Bonchev–Trinajstić information content (AvgIpc) is 1.91. The molecule has 0 N–H and O–H groups in total. The summed E-state index contributed by atoms with van der Waals surface area (Å²) in [6.45, 7) is 0.709. The fourth-order valence-electron chi connectivity index (χ4n) is 0.658. The number of hydrogen-bond donors (Lipinski definition) is 0. The number of rotatable bonds is 2. The third-order valence-corrected chi connectivity index (χ3v) is 1.31. The van der Waals surface area contributed by atoms with Crippen molar-refractivity contribution in [2.75, 3.05) is 0 Å². The first-order valence-corrected chi connectivity index (χ1v) is 3.39. The molecule has 0 fully saturated rings. The Bertz CT molecular complexity index is 172. The van der Waals surface area contributed by atoms with Gasteiger partial charge < -0.3 is 0 Å². The fraction of sp³-hybridized carbons (Fsp3) is 0.143. The van der Waals surface area contributed by atoms with E-state index in [4.69, 9.17) is 3.32 Å². The predicted molar refractivity (Wildman–Crippen MR) is 53.0 cm³/mol. The summed E-state index contributed by atoms with van der Waals surface area (Å²) in [6, 6.07) is 10.1. The molecule has 0 heterocycles. The molecule has 5 heteroatoms. The minimum absolute atomic E-state index is 0. The Morgan fingerprint density at radius 1 is 1.00 bits per heavy atom. The van der Waals surface area contributed by atoms with E-state index in [9.17, 15) is 0 Å². The summed E-state index contributed by atoms with van der Waals surface area (Å²) in [7, 11) is 0. The van der Waals surface area contributed by atoms with E-state index < -0.39 is 0 Å². The molecule has 0 aliphatic heterocycles. The summed E-state index contributed by atoms with van der Waals surface area (Å²) >= 11 is 1.70.